The zero-order chi connectivity index (χ0) is 14.8. The fourth-order valence-electron chi connectivity index (χ4n) is 3.12. The quantitative estimate of drug-likeness (QED) is 0.777. The Morgan fingerprint density at radius 1 is 1.14 bits per heavy atom. The van der Waals surface area contributed by atoms with Crippen LogP contribution in [0.5, 0.6) is 0 Å². The van der Waals surface area contributed by atoms with Crippen LogP contribution in [0.15, 0.2) is 40.9 Å². The molecule has 1 aliphatic rings. The predicted octanol–water partition coefficient (Wildman–Crippen LogP) is 5.29. The molecule has 2 aromatic rings. The van der Waals surface area contributed by atoms with Gasteiger partial charge in [0.15, 0.2) is 0 Å². The second kappa shape index (κ2) is 6.51. The maximum Gasteiger partial charge on any atom is 0.0591 e. The normalized spacial score (nSPS) is 15.0. The van der Waals surface area contributed by atoms with Crippen LogP contribution in [-0.4, -0.2) is 6.54 Å². The molecule has 1 atom stereocenters. The summed E-state index contributed by atoms with van der Waals surface area (Å²) in [6.07, 6.45) is 3.70. The number of hydrogen-bond donors (Lipinski definition) is 1. The van der Waals surface area contributed by atoms with Crippen molar-refractivity contribution in [2.45, 2.75) is 32.2 Å². The minimum absolute atomic E-state index is 0.144. The van der Waals surface area contributed by atoms with Gasteiger partial charge in [-0.15, -0.1) is 0 Å². The molecule has 0 aromatic heterocycles. The monoisotopic (exact) mass is 363 g/mol. The van der Waals surface area contributed by atoms with Crippen LogP contribution in [0.25, 0.3) is 0 Å². The largest absolute Gasteiger partial charge is 0.306 e. The molecule has 1 aliphatic carbocycles. The van der Waals surface area contributed by atoms with Gasteiger partial charge in [-0.3, -0.25) is 0 Å². The highest BCUT2D eigenvalue weighted by Crippen LogP contribution is 2.33. The molecule has 0 saturated carbocycles. The molecule has 0 bridgehead atoms. The van der Waals surface area contributed by atoms with E-state index in [1.165, 1.54) is 36.0 Å². The van der Waals surface area contributed by atoms with Crippen LogP contribution in [0.4, 0.5) is 0 Å². The van der Waals surface area contributed by atoms with Crippen LogP contribution >= 0.6 is 27.5 Å². The third-order valence-electron chi connectivity index (χ3n) is 4.13. The lowest BCUT2D eigenvalue weighted by Crippen LogP contribution is -2.22. The molecule has 0 heterocycles. The summed E-state index contributed by atoms with van der Waals surface area (Å²) < 4.78 is 1.06. The van der Waals surface area contributed by atoms with Gasteiger partial charge in [-0.25, -0.2) is 0 Å². The van der Waals surface area contributed by atoms with Crippen molar-refractivity contribution in [1.82, 2.24) is 5.32 Å². The number of hydrogen-bond acceptors (Lipinski definition) is 1. The molecule has 0 fully saturated rings. The summed E-state index contributed by atoms with van der Waals surface area (Å²) in [6.45, 7) is 3.04. The van der Waals surface area contributed by atoms with E-state index in [9.17, 15) is 0 Å². The smallest absolute Gasteiger partial charge is 0.0591 e. The lowest BCUT2D eigenvalue weighted by atomic mass is 9.95. The summed E-state index contributed by atoms with van der Waals surface area (Å²) in [5.74, 6) is 0. The molecule has 2 aromatic carbocycles. The van der Waals surface area contributed by atoms with Gasteiger partial charge in [-0.05, 0) is 66.3 Å². The Morgan fingerprint density at radius 3 is 2.76 bits per heavy atom. The van der Waals surface area contributed by atoms with Gasteiger partial charge in [0.05, 0.1) is 6.04 Å². The zero-order valence-corrected chi connectivity index (χ0v) is 14.5. The topological polar surface area (TPSA) is 12.0 Å². The van der Waals surface area contributed by atoms with Gasteiger partial charge in [-0.2, -0.15) is 0 Å². The van der Waals surface area contributed by atoms with E-state index >= 15 is 0 Å². The number of rotatable bonds is 4. The molecule has 1 unspecified atom stereocenters. The Balaban J connectivity index is 2.03. The van der Waals surface area contributed by atoms with Gasteiger partial charge in [0, 0.05) is 9.50 Å². The number of halogens is 2. The number of fused-ring (bicyclic) bond motifs is 1. The SMILES string of the molecule is CCNC(c1ccc2c(c1)CCC2)c1cc(Br)ccc1Cl. The molecular weight excluding hydrogens is 346 g/mol. The van der Waals surface area contributed by atoms with Crippen LogP contribution < -0.4 is 5.32 Å². The van der Waals surface area contributed by atoms with Crippen LogP contribution in [0.3, 0.4) is 0 Å². The first-order chi connectivity index (χ1) is 10.2. The average molecular weight is 365 g/mol. The van der Waals surface area contributed by atoms with Crippen LogP contribution in [-0.2, 0) is 12.8 Å². The molecule has 1 nitrogen and oxygen atoms in total. The number of aryl methyl sites for hydroxylation is 2. The summed E-state index contributed by atoms with van der Waals surface area (Å²) in [7, 11) is 0. The highest BCUT2D eigenvalue weighted by molar-refractivity contribution is 9.10. The van der Waals surface area contributed by atoms with E-state index in [4.69, 9.17) is 11.6 Å². The third kappa shape index (κ3) is 3.18. The predicted molar refractivity (Wildman–Crippen MR) is 93.1 cm³/mol. The summed E-state index contributed by atoms with van der Waals surface area (Å²) in [5.41, 5.74) is 5.44. The van der Waals surface area contributed by atoms with Crippen molar-refractivity contribution in [2.24, 2.45) is 0 Å². The first kappa shape index (κ1) is 15.1. The maximum absolute atomic E-state index is 6.43. The summed E-state index contributed by atoms with van der Waals surface area (Å²) in [4.78, 5) is 0. The average Bonchev–Trinajstić information content (AvgIpc) is 2.95. The van der Waals surface area contributed by atoms with Crippen molar-refractivity contribution in [3.63, 3.8) is 0 Å². The van der Waals surface area contributed by atoms with Gasteiger partial charge < -0.3 is 5.32 Å². The van der Waals surface area contributed by atoms with Gasteiger partial charge in [0.2, 0.25) is 0 Å². The Bertz CT molecular complexity index is 654. The standard InChI is InChI=1S/C18H19BrClN/c1-2-21-18(16-11-15(19)8-9-17(16)20)14-7-6-12-4-3-5-13(12)10-14/h6-11,18,21H,2-5H2,1H3. The van der Waals surface area contributed by atoms with E-state index in [0.29, 0.717) is 0 Å². The van der Waals surface area contributed by atoms with E-state index in [2.05, 4.69) is 52.4 Å². The van der Waals surface area contributed by atoms with Gasteiger partial charge in [0.25, 0.3) is 0 Å². The van der Waals surface area contributed by atoms with Crippen LogP contribution in [0.1, 0.15) is 41.6 Å². The molecule has 3 rings (SSSR count). The van der Waals surface area contributed by atoms with E-state index < -0.39 is 0 Å². The number of nitrogens with one attached hydrogen (secondary N) is 1. The first-order valence-corrected chi connectivity index (χ1v) is 8.66. The first-order valence-electron chi connectivity index (χ1n) is 7.49. The fourth-order valence-corrected chi connectivity index (χ4v) is 3.72. The van der Waals surface area contributed by atoms with E-state index in [-0.39, 0.29) is 6.04 Å². The second-order valence-corrected chi connectivity index (χ2v) is 6.86. The molecular formula is C18H19BrClN. The van der Waals surface area contributed by atoms with Gasteiger partial charge >= 0.3 is 0 Å². The molecule has 0 saturated heterocycles. The van der Waals surface area contributed by atoms with E-state index in [0.717, 1.165) is 21.6 Å². The van der Waals surface area contributed by atoms with Crippen molar-refractivity contribution in [3.05, 3.63) is 68.1 Å². The highest BCUT2D eigenvalue weighted by Gasteiger charge is 2.19. The molecule has 110 valence electrons. The molecule has 0 aliphatic heterocycles. The molecule has 21 heavy (non-hydrogen) atoms. The number of benzene rings is 2. The summed E-state index contributed by atoms with van der Waals surface area (Å²) >= 11 is 9.98. The molecule has 1 N–H and O–H groups in total. The Labute approximate surface area is 139 Å². The lowest BCUT2D eigenvalue weighted by molar-refractivity contribution is 0.630. The Kier molecular flexibility index (Phi) is 4.68. The van der Waals surface area contributed by atoms with Crippen LogP contribution in [0.2, 0.25) is 5.02 Å². The van der Waals surface area contributed by atoms with Crippen molar-refractivity contribution in [2.75, 3.05) is 6.54 Å². The summed E-state index contributed by atoms with van der Waals surface area (Å²) in [5, 5.41) is 4.38. The molecule has 0 amide bonds. The summed E-state index contributed by atoms with van der Waals surface area (Å²) in [6, 6.07) is 13.1. The molecule has 0 radical (unpaired) electrons. The van der Waals surface area contributed by atoms with Crippen molar-refractivity contribution < 1.29 is 0 Å². The van der Waals surface area contributed by atoms with Crippen molar-refractivity contribution >= 4 is 27.5 Å². The van der Waals surface area contributed by atoms with Gasteiger partial charge in [0.1, 0.15) is 0 Å². The fraction of sp³-hybridized carbons (Fsp3) is 0.333. The minimum atomic E-state index is 0.144. The van der Waals surface area contributed by atoms with Crippen molar-refractivity contribution in [1.29, 1.82) is 0 Å². The second-order valence-electron chi connectivity index (χ2n) is 5.54. The minimum Gasteiger partial charge on any atom is -0.306 e. The highest BCUT2D eigenvalue weighted by atomic mass is 79.9. The molecule has 0 spiro atoms. The van der Waals surface area contributed by atoms with E-state index in [1.54, 1.807) is 0 Å². The molecule has 3 heteroatoms. The van der Waals surface area contributed by atoms with Crippen molar-refractivity contribution in [3.8, 4) is 0 Å². The Hall–Kier alpha value is -0.830. The Morgan fingerprint density at radius 2 is 1.95 bits per heavy atom. The maximum atomic E-state index is 6.43. The lowest BCUT2D eigenvalue weighted by Gasteiger charge is -2.21. The zero-order valence-electron chi connectivity index (χ0n) is 12.1. The van der Waals surface area contributed by atoms with Gasteiger partial charge in [-0.1, -0.05) is 52.7 Å². The third-order valence-corrected chi connectivity index (χ3v) is 4.97. The van der Waals surface area contributed by atoms with Crippen LogP contribution in [0, 0.1) is 0 Å². The van der Waals surface area contributed by atoms with E-state index in [1.807, 2.05) is 12.1 Å².